The molecular formula is C18H22N2O. The Kier molecular flexibility index (Phi) is 4.63. The summed E-state index contributed by atoms with van der Waals surface area (Å²) in [4.78, 5) is 12.3. The molecule has 3 heteroatoms. The molecule has 0 radical (unpaired) electrons. The van der Waals surface area contributed by atoms with Crippen LogP contribution in [-0.4, -0.2) is 11.9 Å². The van der Waals surface area contributed by atoms with E-state index in [0.717, 1.165) is 12.0 Å². The summed E-state index contributed by atoms with van der Waals surface area (Å²) in [5.41, 5.74) is 10.5. The van der Waals surface area contributed by atoms with E-state index in [0.29, 0.717) is 11.3 Å². The average molecular weight is 282 g/mol. The maximum absolute atomic E-state index is 12.3. The van der Waals surface area contributed by atoms with E-state index in [2.05, 4.69) is 24.4 Å². The van der Waals surface area contributed by atoms with Crippen molar-refractivity contribution in [2.24, 2.45) is 0 Å². The van der Waals surface area contributed by atoms with Crippen LogP contribution in [0.5, 0.6) is 0 Å². The minimum atomic E-state index is -0.0686. The van der Waals surface area contributed by atoms with Gasteiger partial charge in [0, 0.05) is 17.3 Å². The molecule has 2 aromatic carbocycles. The number of nitrogens with one attached hydrogen (secondary N) is 1. The summed E-state index contributed by atoms with van der Waals surface area (Å²) in [6, 6.07) is 13.7. The first-order valence-electron chi connectivity index (χ1n) is 7.19. The predicted molar refractivity (Wildman–Crippen MR) is 87.4 cm³/mol. The third-order valence-corrected chi connectivity index (χ3v) is 3.79. The van der Waals surface area contributed by atoms with Gasteiger partial charge >= 0.3 is 0 Å². The highest BCUT2D eigenvalue weighted by atomic mass is 16.1. The lowest BCUT2D eigenvalue weighted by molar-refractivity contribution is 0.0939. The standard InChI is InChI=1S/C18H22N2O/c1-12-7-4-5-8-15(12)11-13(2)20-18(21)16-9-6-10-17(19)14(16)3/h4-10,13H,11,19H2,1-3H3,(H,20,21). The van der Waals surface area contributed by atoms with Gasteiger partial charge in [-0.05, 0) is 56.0 Å². The maximum atomic E-state index is 12.3. The third kappa shape index (κ3) is 3.63. The Morgan fingerprint density at radius 2 is 1.86 bits per heavy atom. The number of amides is 1. The molecule has 21 heavy (non-hydrogen) atoms. The molecule has 2 rings (SSSR count). The monoisotopic (exact) mass is 282 g/mol. The van der Waals surface area contributed by atoms with Crippen LogP contribution >= 0.6 is 0 Å². The van der Waals surface area contributed by atoms with E-state index in [-0.39, 0.29) is 11.9 Å². The minimum Gasteiger partial charge on any atom is -0.398 e. The molecule has 3 N–H and O–H groups in total. The second-order valence-corrected chi connectivity index (χ2v) is 5.52. The van der Waals surface area contributed by atoms with Crippen LogP contribution in [0.2, 0.25) is 0 Å². The average Bonchev–Trinajstić information content (AvgIpc) is 2.44. The number of hydrogen-bond donors (Lipinski definition) is 2. The van der Waals surface area contributed by atoms with E-state index >= 15 is 0 Å². The van der Waals surface area contributed by atoms with Gasteiger partial charge in [-0.15, -0.1) is 0 Å². The zero-order valence-corrected chi connectivity index (χ0v) is 12.8. The Labute approximate surface area is 126 Å². The van der Waals surface area contributed by atoms with Gasteiger partial charge in [-0.3, -0.25) is 4.79 Å². The Hall–Kier alpha value is -2.29. The molecule has 0 heterocycles. The molecule has 1 unspecified atom stereocenters. The molecule has 3 nitrogen and oxygen atoms in total. The highest BCUT2D eigenvalue weighted by molar-refractivity contribution is 5.97. The Balaban J connectivity index is 2.06. The van der Waals surface area contributed by atoms with Crippen LogP contribution in [-0.2, 0) is 6.42 Å². The van der Waals surface area contributed by atoms with Crippen LogP contribution in [0.25, 0.3) is 0 Å². The van der Waals surface area contributed by atoms with Crippen molar-refractivity contribution < 1.29 is 4.79 Å². The van der Waals surface area contributed by atoms with E-state index in [1.165, 1.54) is 11.1 Å². The van der Waals surface area contributed by atoms with Crippen LogP contribution in [0.3, 0.4) is 0 Å². The summed E-state index contributed by atoms with van der Waals surface area (Å²) in [5, 5.41) is 3.05. The molecule has 0 aliphatic heterocycles. The van der Waals surface area contributed by atoms with E-state index in [9.17, 15) is 4.79 Å². The molecule has 110 valence electrons. The third-order valence-electron chi connectivity index (χ3n) is 3.79. The minimum absolute atomic E-state index is 0.0686. The predicted octanol–water partition coefficient (Wildman–Crippen LogP) is 3.25. The quantitative estimate of drug-likeness (QED) is 0.846. The number of nitrogen functional groups attached to an aromatic ring is 1. The van der Waals surface area contributed by atoms with Gasteiger partial charge < -0.3 is 11.1 Å². The molecule has 0 aliphatic rings. The van der Waals surface area contributed by atoms with Crippen molar-refractivity contribution in [3.63, 3.8) is 0 Å². The molecule has 1 amide bonds. The number of carbonyl (C=O) groups excluding carboxylic acids is 1. The van der Waals surface area contributed by atoms with Crippen LogP contribution in [0.15, 0.2) is 42.5 Å². The highest BCUT2D eigenvalue weighted by Crippen LogP contribution is 2.16. The van der Waals surface area contributed by atoms with Crippen LogP contribution in [0.1, 0.15) is 34.0 Å². The number of hydrogen-bond acceptors (Lipinski definition) is 2. The summed E-state index contributed by atoms with van der Waals surface area (Å²) in [6.45, 7) is 5.98. The van der Waals surface area contributed by atoms with E-state index in [1.54, 1.807) is 0 Å². The number of anilines is 1. The van der Waals surface area contributed by atoms with Crippen molar-refractivity contribution in [2.45, 2.75) is 33.2 Å². The van der Waals surface area contributed by atoms with Gasteiger partial charge in [0.1, 0.15) is 0 Å². The lowest BCUT2D eigenvalue weighted by Gasteiger charge is -2.16. The molecular weight excluding hydrogens is 260 g/mol. The number of nitrogens with two attached hydrogens (primary N) is 1. The first kappa shape index (κ1) is 15.1. The molecule has 0 saturated heterocycles. The summed E-state index contributed by atoms with van der Waals surface area (Å²) in [7, 11) is 0. The van der Waals surface area contributed by atoms with Gasteiger partial charge in [-0.1, -0.05) is 30.3 Å². The number of rotatable bonds is 4. The van der Waals surface area contributed by atoms with E-state index < -0.39 is 0 Å². The fourth-order valence-corrected chi connectivity index (χ4v) is 2.42. The van der Waals surface area contributed by atoms with Crippen LogP contribution < -0.4 is 11.1 Å². The van der Waals surface area contributed by atoms with E-state index in [4.69, 9.17) is 5.73 Å². The SMILES string of the molecule is Cc1ccccc1CC(C)NC(=O)c1cccc(N)c1C. The van der Waals surface area contributed by atoms with Crippen molar-refractivity contribution in [3.05, 3.63) is 64.7 Å². The van der Waals surface area contributed by atoms with Crippen LogP contribution in [0.4, 0.5) is 5.69 Å². The first-order chi connectivity index (χ1) is 9.99. The summed E-state index contributed by atoms with van der Waals surface area (Å²) < 4.78 is 0. The van der Waals surface area contributed by atoms with Crippen molar-refractivity contribution in [2.75, 3.05) is 5.73 Å². The summed E-state index contributed by atoms with van der Waals surface area (Å²) >= 11 is 0. The zero-order valence-electron chi connectivity index (χ0n) is 12.8. The maximum Gasteiger partial charge on any atom is 0.251 e. The van der Waals surface area contributed by atoms with Crippen molar-refractivity contribution in [1.82, 2.24) is 5.32 Å². The fourth-order valence-electron chi connectivity index (χ4n) is 2.42. The summed E-state index contributed by atoms with van der Waals surface area (Å²) in [6.07, 6.45) is 0.819. The van der Waals surface area contributed by atoms with Gasteiger partial charge in [-0.2, -0.15) is 0 Å². The molecule has 0 aliphatic carbocycles. The lowest BCUT2D eigenvalue weighted by Crippen LogP contribution is -2.34. The fraction of sp³-hybridized carbons (Fsp3) is 0.278. The molecule has 0 bridgehead atoms. The van der Waals surface area contributed by atoms with Crippen molar-refractivity contribution in [1.29, 1.82) is 0 Å². The van der Waals surface area contributed by atoms with Crippen molar-refractivity contribution >= 4 is 11.6 Å². The van der Waals surface area contributed by atoms with Gasteiger partial charge in [0.25, 0.3) is 5.91 Å². The largest absolute Gasteiger partial charge is 0.398 e. The molecule has 2 aromatic rings. The van der Waals surface area contributed by atoms with Gasteiger partial charge in [0.2, 0.25) is 0 Å². The van der Waals surface area contributed by atoms with Gasteiger partial charge in [-0.25, -0.2) is 0 Å². The molecule has 1 atom stereocenters. The Bertz CT molecular complexity index is 649. The number of benzene rings is 2. The van der Waals surface area contributed by atoms with Gasteiger partial charge in [0.15, 0.2) is 0 Å². The van der Waals surface area contributed by atoms with Crippen molar-refractivity contribution in [3.8, 4) is 0 Å². The Morgan fingerprint density at radius 1 is 1.14 bits per heavy atom. The lowest BCUT2D eigenvalue weighted by atomic mass is 10.0. The first-order valence-corrected chi connectivity index (χ1v) is 7.19. The number of aryl methyl sites for hydroxylation is 1. The zero-order chi connectivity index (χ0) is 15.4. The Morgan fingerprint density at radius 3 is 2.57 bits per heavy atom. The highest BCUT2D eigenvalue weighted by Gasteiger charge is 2.14. The molecule has 0 aromatic heterocycles. The molecule has 0 fully saturated rings. The van der Waals surface area contributed by atoms with Gasteiger partial charge in [0.05, 0.1) is 0 Å². The van der Waals surface area contributed by atoms with Crippen LogP contribution in [0, 0.1) is 13.8 Å². The molecule has 0 spiro atoms. The smallest absolute Gasteiger partial charge is 0.251 e. The second-order valence-electron chi connectivity index (χ2n) is 5.52. The normalized spacial score (nSPS) is 12.0. The summed E-state index contributed by atoms with van der Waals surface area (Å²) in [5.74, 6) is -0.0686. The molecule has 0 saturated carbocycles. The topological polar surface area (TPSA) is 55.1 Å². The second kappa shape index (κ2) is 6.44. The number of carbonyl (C=O) groups is 1. The van der Waals surface area contributed by atoms with E-state index in [1.807, 2.05) is 44.2 Å².